The van der Waals surface area contributed by atoms with Gasteiger partial charge >= 0.3 is 6.03 Å². The molecule has 1 saturated carbocycles. The van der Waals surface area contributed by atoms with Crippen molar-refractivity contribution in [1.29, 1.82) is 0 Å². The van der Waals surface area contributed by atoms with E-state index in [1.165, 1.54) is 0 Å². The van der Waals surface area contributed by atoms with Crippen LogP contribution in [0.3, 0.4) is 0 Å². The maximum atomic E-state index is 14.2. The highest BCUT2D eigenvalue weighted by molar-refractivity contribution is 6.30. The fraction of sp³-hybridized carbons (Fsp3) is 0.200. The third kappa shape index (κ3) is 4.38. The second-order valence-corrected chi connectivity index (χ2v) is 10.1. The maximum Gasteiger partial charge on any atom is 0.322 e. The first-order valence-electron chi connectivity index (χ1n) is 12.5. The maximum absolute atomic E-state index is 14.2. The Hall–Kier alpha value is -4.03. The summed E-state index contributed by atoms with van der Waals surface area (Å²) in [4.78, 5) is 31.1. The molecule has 6 rings (SSSR count). The van der Waals surface area contributed by atoms with Gasteiger partial charge in [-0.1, -0.05) is 54.1 Å². The zero-order chi connectivity index (χ0) is 25.5. The number of urea groups is 1. The fourth-order valence-corrected chi connectivity index (χ4v) is 5.33. The number of halogens is 1. The van der Waals surface area contributed by atoms with Gasteiger partial charge in [0.1, 0.15) is 12.6 Å². The highest BCUT2D eigenvalue weighted by Gasteiger charge is 2.40. The van der Waals surface area contributed by atoms with Crippen LogP contribution in [-0.4, -0.2) is 34.0 Å². The zero-order valence-corrected chi connectivity index (χ0v) is 21.2. The molecular formula is C30H27ClN4O2. The van der Waals surface area contributed by atoms with Gasteiger partial charge in [0.15, 0.2) is 0 Å². The van der Waals surface area contributed by atoms with E-state index >= 15 is 0 Å². The van der Waals surface area contributed by atoms with Crippen molar-refractivity contribution in [3.63, 3.8) is 0 Å². The molecule has 1 unspecified atom stereocenters. The Kier molecular flexibility index (Phi) is 5.97. The Morgan fingerprint density at radius 2 is 1.70 bits per heavy atom. The van der Waals surface area contributed by atoms with E-state index in [1.54, 1.807) is 4.90 Å². The Morgan fingerprint density at radius 1 is 0.946 bits per heavy atom. The number of nitrogens with one attached hydrogen (secondary N) is 1. The molecule has 1 N–H and O–H groups in total. The molecule has 7 heteroatoms. The van der Waals surface area contributed by atoms with Gasteiger partial charge in [0.25, 0.3) is 0 Å². The summed E-state index contributed by atoms with van der Waals surface area (Å²) in [6.07, 6.45) is 3.80. The minimum Gasteiger partial charge on any atom is -0.316 e. The quantitative estimate of drug-likeness (QED) is 0.330. The number of aromatic nitrogens is 1. The minimum absolute atomic E-state index is 0.0194. The molecule has 4 aromatic rings. The van der Waals surface area contributed by atoms with Gasteiger partial charge in [-0.3, -0.25) is 9.69 Å². The van der Waals surface area contributed by atoms with Crippen molar-refractivity contribution in [3.8, 4) is 5.69 Å². The number of nitrogens with zero attached hydrogens (tertiary/aromatic N) is 3. The van der Waals surface area contributed by atoms with Crippen LogP contribution in [0.1, 0.15) is 35.7 Å². The molecule has 6 nitrogen and oxygen atoms in total. The number of rotatable bonds is 5. The van der Waals surface area contributed by atoms with Gasteiger partial charge in [-0.2, -0.15) is 0 Å². The summed E-state index contributed by atoms with van der Waals surface area (Å²) in [6.45, 7) is 1.94. The van der Waals surface area contributed by atoms with E-state index in [1.807, 2.05) is 103 Å². The number of carbonyl (C=O) groups excluding carboxylic acids is 2. The number of fused-ring (bicyclic) bond motifs is 3. The van der Waals surface area contributed by atoms with Crippen LogP contribution in [0.5, 0.6) is 0 Å². The van der Waals surface area contributed by atoms with Crippen molar-refractivity contribution in [2.45, 2.75) is 31.8 Å². The average Bonchev–Trinajstić information content (AvgIpc) is 3.62. The second kappa shape index (κ2) is 9.45. The summed E-state index contributed by atoms with van der Waals surface area (Å²) in [5, 5.41) is 3.63. The molecule has 186 valence electrons. The van der Waals surface area contributed by atoms with Gasteiger partial charge < -0.3 is 14.8 Å². The molecule has 0 bridgehead atoms. The lowest BCUT2D eigenvalue weighted by atomic mass is 9.97. The van der Waals surface area contributed by atoms with Crippen molar-refractivity contribution in [2.75, 3.05) is 16.8 Å². The van der Waals surface area contributed by atoms with Gasteiger partial charge in [0, 0.05) is 22.9 Å². The number of anilines is 2. The molecule has 3 amide bonds. The van der Waals surface area contributed by atoms with Gasteiger partial charge in [0.05, 0.1) is 17.1 Å². The summed E-state index contributed by atoms with van der Waals surface area (Å²) in [6, 6.07) is 26.6. The van der Waals surface area contributed by atoms with Crippen LogP contribution in [0.2, 0.25) is 5.02 Å². The average molecular weight is 511 g/mol. The van der Waals surface area contributed by atoms with Crippen LogP contribution in [0.25, 0.3) is 5.69 Å². The monoisotopic (exact) mass is 510 g/mol. The topological polar surface area (TPSA) is 57.6 Å². The first kappa shape index (κ1) is 23.4. The van der Waals surface area contributed by atoms with Crippen LogP contribution >= 0.6 is 11.6 Å². The van der Waals surface area contributed by atoms with E-state index in [9.17, 15) is 9.59 Å². The summed E-state index contributed by atoms with van der Waals surface area (Å²) >= 11 is 6.39. The lowest BCUT2D eigenvalue weighted by Gasteiger charge is -2.39. The fourth-order valence-electron chi connectivity index (χ4n) is 5.13. The first-order valence-corrected chi connectivity index (χ1v) is 12.9. The lowest BCUT2D eigenvalue weighted by Crippen LogP contribution is -2.48. The number of benzene rings is 3. The molecule has 0 saturated heterocycles. The minimum atomic E-state index is -0.378. The van der Waals surface area contributed by atoms with Crippen molar-refractivity contribution >= 4 is 34.9 Å². The predicted molar refractivity (Wildman–Crippen MR) is 146 cm³/mol. The molecule has 1 aliphatic heterocycles. The Labute approximate surface area is 221 Å². The van der Waals surface area contributed by atoms with E-state index in [-0.39, 0.29) is 30.6 Å². The third-order valence-electron chi connectivity index (χ3n) is 7.09. The SMILES string of the molecule is Cc1ccccc1NC(=O)N(CC(=O)N1c2ccccc2-n2cccc2C1c1cccc(Cl)c1)C1CC1. The van der Waals surface area contributed by atoms with E-state index < -0.39 is 0 Å². The normalized spacial score (nSPS) is 16.1. The largest absolute Gasteiger partial charge is 0.322 e. The molecule has 1 aromatic heterocycles. The molecular weight excluding hydrogens is 484 g/mol. The number of carbonyl (C=O) groups is 2. The Bertz CT molecular complexity index is 1490. The predicted octanol–water partition coefficient (Wildman–Crippen LogP) is 6.57. The molecule has 2 aliphatic rings. The number of para-hydroxylation sites is 3. The lowest BCUT2D eigenvalue weighted by molar-refractivity contribution is -0.119. The van der Waals surface area contributed by atoms with Crippen LogP contribution in [0.15, 0.2) is 91.1 Å². The van der Waals surface area contributed by atoms with Crippen molar-refractivity contribution in [2.24, 2.45) is 0 Å². The summed E-state index contributed by atoms with van der Waals surface area (Å²) < 4.78 is 2.12. The number of amides is 3. The van der Waals surface area contributed by atoms with Crippen LogP contribution in [0.4, 0.5) is 16.2 Å². The molecule has 1 aliphatic carbocycles. The molecule has 0 radical (unpaired) electrons. The van der Waals surface area contributed by atoms with Crippen molar-refractivity contribution in [3.05, 3.63) is 113 Å². The van der Waals surface area contributed by atoms with Crippen LogP contribution < -0.4 is 10.2 Å². The van der Waals surface area contributed by atoms with E-state index in [2.05, 4.69) is 9.88 Å². The van der Waals surface area contributed by atoms with Gasteiger partial charge in [0.2, 0.25) is 5.91 Å². The number of hydrogen-bond donors (Lipinski definition) is 1. The molecule has 3 aromatic carbocycles. The Balaban J connectivity index is 1.37. The van der Waals surface area contributed by atoms with Crippen LogP contribution in [-0.2, 0) is 4.79 Å². The summed E-state index contributed by atoms with van der Waals surface area (Å²) in [5.74, 6) is -0.142. The van der Waals surface area contributed by atoms with Crippen LogP contribution in [0, 0.1) is 6.92 Å². The summed E-state index contributed by atoms with van der Waals surface area (Å²) in [7, 11) is 0. The van der Waals surface area contributed by atoms with E-state index in [0.717, 1.165) is 46.7 Å². The third-order valence-corrected chi connectivity index (χ3v) is 7.33. The standard InChI is InChI=1S/C30H27ClN4O2/c1-20-8-2-3-11-24(20)32-30(37)34(23-15-16-23)19-28(36)35-26-13-5-4-12-25(26)33-17-7-14-27(33)29(35)21-9-6-10-22(31)18-21/h2-14,17-18,23,29H,15-16,19H2,1H3,(H,32,37). The molecule has 1 fully saturated rings. The number of hydrogen-bond acceptors (Lipinski definition) is 2. The Morgan fingerprint density at radius 3 is 2.46 bits per heavy atom. The molecule has 0 spiro atoms. The van der Waals surface area contributed by atoms with Crippen molar-refractivity contribution in [1.82, 2.24) is 9.47 Å². The van der Waals surface area contributed by atoms with Gasteiger partial charge in [-0.05, 0) is 73.4 Å². The zero-order valence-electron chi connectivity index (χ0n) is 20.5. The first-order chi connectivity index (χ1) is 18.0. The van der Waals surface area contributed by atoms with E-state index in [0.29, 0.717) is 5.02 Å². The number of aryl methyl sites for hydroxylation is 1. The highest BCUT2D eigenvalue weighted by atomic mass is 35.5. The smallest absolute Gasteiger partial charge is 0.316 e. The molecule has 2 heterocycles. The van der Waals surface area contributed by atoms with Gasteiger partial charge in [-0.25, -0.2) is 4.79 Å². The summed E-state index contributed by atoms with van der Waals surface area (Å²) in [5.41, 5.74) is 5.34. The van der Waals surface area contributed by atoms with Gasteiger partial charge in [-0.15, -0.1) is 0 Å². The highest BCUT2D eigenvalue weighted by Crippen LogP contribution is 2.43. The van der Waals surface area contributed by atoms with E-state index in [4.69, 9.17) is 11.6 Å². The van der Waals surface area contributed by atoms with Crippen molar-refractivity contribution < 1.29 is 9.59 Å². The molecule has 37 heavy (non-hydrogen) atoms. The molecule has 1 atom stereocenters. The second-order valence-electron chi connectivity index (χ2n) is 9.62.